The van der Waals surface area contributed by atoms with Crippen molar-refractivity contribution in [2.24, 2.45) is 0 Å². The number of ketones is 1. The summed E-state index contributed by atoms with van der Waals surface area (Å²) in [7, 11) is 0. The van der Waals surface area contributed by atoms with E-state index in [1.807, 2.05) is 6.07 Å². The molecule has 5 N–H and O–H groups in total. The number of Topliss-reactive ketones (excluding diaryl/α,β-unsaturated/α-hetero) is 1. The minimum absolute atomic E-state index is 0.0939. The lowest BCUT2D eigenvalue weighted by molar-refractivity contribution is -0.271. The molecule has 36 heavy (non-hydrogen) atoms. The predicted molar refractivity (Wildman–Crippen MR) is 121 cm³/mol. The number of likely N-dealkylation sites (tertiary alicyclic amines) is 1. The second kappa shape index (κ2) is 7.98. The normalized spacial score (nSPS) is 42.9. The van der Waals surface area contributed by atoms with Crippen LogP contribution < -0.4 is 9.47 Å². The molecule has 2 saturated heterocycles. The Morgan fingerprint density at radius 2 is 2.00 bits per heavy atom. The molecule has 5 aliphatic rings. The van der Waals surface area contributed by atoms with Crippen molar-refractivity contribution < 1.29 is 49.3 Å². The van der Waals surface area contributed by atoms with E-state index >= 15 is 0 Å². The Hall–Kier alpha value is -2.54. The van der Waals surface area contributed by atoms with Crippen molar-refractivity contribution in [2.45, 2.75) is 79.6 Å². The first-order valence-corrected chi connectivity index (χ1v) is 12.2. The lowest BCUT2D eigenvalue weighted by Gasteiger charge is -2.62. The summed E-state index contributed by atoms with van der Waals surface area (Å²) < 4.78 is 17.4. The van der Waals surface area contributed by atoms with Gasteiger partial charge in [0, 0.05) is 31.1 Å². The van der Waals surface area contributed by atoms with E-state index in [1.54, 1.807) is 12.1 Å². The highest BCUT2D eigenvalue weighted by Crippen LogP contribution is 2.65. The molecule has 9 atom stereocenters. The van der Waals surface area contributed by atoms with Gasteiger partial charge in [-0.25, -0.2) is 4.79 Å². The van der Waals surface area contributed by atoms with Gasteiger partial charge in [0.05, 0.1) is 11.0 Å². The third kappa shape index (κ3) is 2.89. The maximum atomic E-state index is 13.1. The molecule has 0 aromatic heterocycles. The molecule has 194 valence electrons. The van der Waals surface area contributed by atoms with E-state index in [4.69, 9.17) is 14.2 Å². The summed E-state index contributed by atoms with van der Waals surface area (Å²) in [6, 6.07) is 3.19. The molecule has 1 aromatic carbocycles. The van der Waals surface area contributed by atoms with Crippen LogP contribution in [0, 0.1) is 0 Å². The molecule has 0 unspecified atom stereocenters. The van der Waals surface area contributed by atoms with E-state index in [2.05, 4.69) is 11.5 Å². The first kappa shape index (κ1) is 23.8. The van der Waals surface area contributed by atoms with Crippen molar-refractivity contribution in [3.63, 3.8) is 0 Å². The van der Waals surface area contributed by atoms with Gasteiger partial charge < -0.3 is 39.7 Å². The van der Waals surface area contributed by atoms with E-state index in [-0.39, 0.29) is 29.7 Å². The zero-order valence-electron chi connectivity index (χ0n) is 19.4. The summed E-state index contributed by atoms with van der Waals surface area (Å²) >= 11 is 0. The van der Waals surface area contributed by atoms with Gasteiger partial charge in [-0.05, 0) is 30.9 Å². The minimum atomic E-state index is -1.85. The molecule has 6 rings (SSSR count). The number of benzene rings is 1. The number of ether oxygens (including phenoxy) is 3. The number of hydrogen-bond acceptors (Lipinski definition) is 10. The van der Waals surface area contributed by atoms with Gasteiger partial charge in [-0.2, -0.15) is 0 Å². The highest BCUT2D eigenvalue weighted by molar-refractivity contribution is 5.90. The monoisotopic (exact) mass is 503 g/mol. The van der Waals surface area contributed by atoms with Crippen LogP contribution in [0.15, 0.2) is 24.8 Å². The molecule has 2 bridgehead atoms. The van der Waals surface area contributed by atoms with Gasteiger partial charge in [-0.15, -0.1) is 6.58 Å². The van der Waals surface area contributed by atoms with Crippen molar-refractivity contribution in [2.75, 3.05) is 13.1 Å². The summed E-state index contributed by atoms with van der Waals surface area (Å²) in [6.07, 6.45) is -6.44. The van der Waals surface area contributed by atoms with Gasteiger partial charge in [-0.1, -0.05) is 12.1 Å². The fraction of sp³-hybridized carbons (Fsp3) is 0.600. The topological polar surface area (TPSA) is 166 Å². The van der Waals surface area contributed by atoms with Crippen LogP contribution in [0.1, 0.15) is 30.4 Å². The zero-order chi connectivity index (χ0) is 25.6. The van der Waals surface area contributed by atoms with Crippen molar-refractivity contribution in [1.82, 2.24) is 4.90 Å². The smallest absolute Gasteiger partial charge is 0.335 e. The SMILES string of the molecule is C=CCN1CC[C@]23c4c5ccc(O[C@H]6O[C@@H](C(=O)O)[C@H](O)[C@@H](O)[C@@H]6O)c4O[C@H]2C(=O)CC[C@@]3(O)[C@H]1C5. The Morgan fingerprint density at radius 3 is 2.72 bits per heavy atom. The number of piperidine rings is 1. The van der Waals surface area contributed by atoms with E-state index in [0.717, 1.165) is 5.56 Å². The summed E-state index contributed by atoms with van der Waals surface area (Å²) in [4.78, 5) is 26.8. The predicted octanol–water partition coefficient (Wildman–Crippen LogP) is -1.13. The van der Waals surface area contributed by atoms with Crippen LogP contribution in [0.2, 0.25) is 0 Å². The molecule has 0 radical (unpaired) electrons. The minimum Gasteiger partial charge on any atom is -0.479 e. The number of aliphatic hydroxyl groups excluding tert-OH is 3. The lowest BCUT2D eigenvalue weighted by Crippen LogP contribution is -2.76. The largest absolute Gasteiger partial charge is 0.479 e. The van der Waals surface area contributed by atoms with Gasteiger partial charge >= 0.3 is 5.97 Å². The number of carboxylic acids is 1. The summed E-state index contributed by atoms with van der Waals surface area (Å²) in [5.41, 5.74) is -0.546. The molecule has 1 aromatic rings. The number of carboxylic acid groups (broad SMARTS) is 1. The second-order valence-electron chi connectivity index (χ2n) is 10.4. The van der Waals surface area contributed by atoms with E-state index < -0.39 is 53.8 Å². The highest BCUT2D eigenvalue weighted by atomic mass is 16.7. The second-order valence-corrected chi connectivity index (χ2v) is 10.4. The molecule has 3 fully saturated rings. The maximum Gasteiger partial charge on any atom is 0.335 e. The molecule has 1 saturated carbocycles. The fourth-order valence-electron chi connectivity index (χ4n) is 7.15. The van der Waals surface area contributed by atoms with Crippen molar-refractivity contribution >= 4 is 11.8 Å². The first-order chi connectivity index (χ1) is 17.1. The number of carbonyl (C=O) groups is 2. The van der Waals surface area contributed by atoms with Crippen LogP contribution >= 0.6 is 0 Å². The standard InChI is InChI=1S/C25H29NO10/c1-2-8-26-9-7-24-15-11-3-4-13(34-23-18(30)16(28)17(29)20(36-23)22(31)32)19(15)35-21(24)12(27)5-6-25(24,33)14(26)10-11/h2-4,14,16-18,20-21,23,28-30,33H,1,5-10H2,(H,31,32)/t14-,16-,17-,18+,20-,21+,23+,24+,25-/m1/s1. The van der Waals surface area contributed by atoms with E-state index in [1.165, 1.54) is 0 Å². The first-order valence-electron chi connectivity index (χ1n) is 12.2. The van der Waals surface area contributed by atoms with Crippen molar-refractivity contribution in [3.05, 3.63) is 35.9 Å². The number of hydrogen-bond donors (Lipinski definition) is 5. The Kier molecular flexibility index (Phi) is 5.28. The molecular weight excluding hydrogens is 474 g/mol. The van der Waals surface area contributed by atoms with E-state index in [0.29, 0.717) is 37.9 Å². The molecule has 0 amide bonds. The molecular formula is C25H29NO10. The van der Waals surface area contributed by atoms with Gasteiger partial charge in [0.1, 0.15) is 18.3 Å². The summed E-state index contributed by atoms with van der Waals surface area (Å²) in [6.45, 7) is 5.10. The van der Waals surface area contributed by atoms with Gasteiger partial charge in [0.2, 0.25) is 6.29 Å². The van der Waals surface area contributed by atoms with Crippen LogP contribution in [0.4, 0.5) is 0 Å². The molecule has 11 heteroatoms. The van der Waals surface area contributed by atoms with Crippen LogP contribution in [-0.4, -0.2) is 104 Å². The van der Waals surface area contributed by atoms with Crippen LogP contribution in [0.5, 0.6) is 11.5 Å². The fourth-order valence-corrected chi connectivity index (χ4v) is 7.15. The van der Waals surface area contributed by atoms with Crippen LogP contribution in [0.25, 0.3) is 0 Å². The molecule has 3 heterocycles. The lowest BCUT2D eigenvalue weighted by atomic mass is 9.49. The number of nitrogens with zero attached hydrogens (tertiary/aromatic N) is 1. The van der Waals surface area contributed by atoms with Gasteiger partial charge in [-0.3, -0.25) is 9.69 Å². The Balaban J connectivity index is 1.43. The van der Waals surface area contributed by atoms with Gasteiger partial charge in [0.15, 0.2) is 29.5 Å². The van der Waals surface area contributed by atoms with Crippen molar-refractivity contribution in [1.29, 1.82) is 0 Å². The van der Waals surface area contributed by atoms with Crippen LogP contribution in [0.3, 0.4) is 0 Å². The average molecular weight is 504 g/mol. The Bertz CT molecular complexity index is 1140. The Labute approximate surface area is 206 Å². The molecule has 3 aliphatic heterocycles. The zero-order valence-corrected chi connectivity index (χ0v) is 19.4. The van der Waals surface area contributed by atoms with E-state index in [9.17, 15) is 35.1 Å². The quantitative estimate of drug-likeness (QED) is 0.309. The number of rotatable bonds is 5. The maximum absolute atomic E-state index is 13.1. The molecule has 2 aliphatic carbocycles. The third-order valence-corrected chi connectivity index (χ3v) is 8.77. The summed E-state index contributed by atoms with van der Waals surface area (Å²) in [5, 5.41) is 52.1. The summed E-state index contributed by atoms with van der Waals surface area (Å²) in [5.74, 6) is -1.28. The number of carbonyl (C=O) groups excluding carboxylic acids is 1. The average Bonchev–Trinajstić information content (AvgIpc) is 3.20. The van der Waals surface area contributed by atoms with Crippen LogP contribution in [-0.2, 0) is 26.2 Å². The number of aliphatic hydroxyl groups is 4. The molecule has 11 nitrogen and oxygen atoms in total. The molecule has 1 spiro atoms. The Morgan fingerprint density at radius 1 is 1.22 bits per heavy atom. The van der Waals surface area contributed by atoms with Crippen molar-refractivity contribution in [3.8, 4) is 11.5 Å². The highest BCUT2D eigenvalue weighted by Gasteiger charge is 2.73. The number of aliphatic carboxylic acids is 1. The van der Waals surface area contributed by atoms with Gasteiger partial charge in [0.25, 0.3) is 0 Å². The third-order valence-electron chi connectivity index (χ3n) is 8.77.